The van der Waals surface area contributed by atoms with E-state index in [4.69, 9.17) is 4.74 Å². The zero-order valence-electron chi connectivity index (χ0n) is 15.5. The number of aryl methyl sites for hydroxylation is 1. The molecule has 4 aromatic rings. The van der Waals surface area contributed by atoms with Gasteiger partial charge in [0.2, 0.25) is 0 Å². The minimum Gasteiger partial charge on any atom is -0.487 e. The lowest BCUT2D eigenvalue weighted by Gasteiger charge is -2.09. The highest BCUT2D eigenvalue weighted by Crippen LogP contribution is 2.25. The van der Waals surface area contributed by atoms with E-state index in [9.17, 15) is 0 Å². The monoisotopic (exact) mass is 388 g/mol. The highest BCUT2D eigenvalue weighted by Gasteiger charge is 2.09. The molecule has 4 rings (SSSR count). The van der Waals surface area contributed by atoms with Gasteiger partial charge in [-0.3, -0.25) is 9.55 Å². The smallest absolute Gasteiger partial charge is 0.195 e. The van der Waals surface area contributed by atoms with Gasteiger partial charge in [0.25, 0.3) is 0 Å². The highest BCUT2D eigenvalue weighted by atomic mass is 32.2. The molecule has 0 aliphatic rings. The van der Waals surface area contributed by atoms with Gasteiger partial charge < -0.3 is 4.74 Å². The molecule has 0 saturated carbocycles. The topological polar surface area (TPSA) is 52.8 Å². The van der Waals surface area contributed by atoms with Crippen molar-refractivity contribution in [2.24, 2.45) is 0 Å². The van der Waals surface area contributed by atoms with Crippen LogP contribution in [0.3, 0.4) is 0 Å². The Bertz CT molecular complexity index is 1030. The summed E-state index contributed by atoms with van der Waals surface area (Å²) < 4.78 is 7.82. The highest BCUT2D eigenvalue weighted by molar-refractivity contribution is 7.98. The Morgan fingerprint density at radius 1 is 0.964 bits per heavy atom. The molecule has 140 valence electrons. The van der Waals surface area contributed by atoms with Gasteiger partial charge in [0.1, 0.15) is 18.7 Å². The number of hydrogen-bond acceptors (Lipinski definition) is 5. The minimum absolute atomic E-state index is 0.467. The van der Waals surface area contributed by atoms with Crippen molar-refractivity contribution in [1.82, 2.24) is 19.7 Å². The molecule has 2 aromatic carbocycles. The van der Waals surface area contributed by atoms with Gasteiger partial charge in [-0.1, -0.05) is 48.2 Å². The molecular formula is C22H20N4OS. The zero-order chi connectivity index (χ0) is 19.2. The predicted octanol–water partition coefficient (Wildman–Crippen LogP) is 4.84. The molecule has 5 nitrogen and oxygen atoms in total. The van der Waals surface area contributed by atoms with Crippen LogP contribution in [0.15, 0.2) is 84.4 Å². The third-order valence-electron chi connectivity index (χ3n) is 4.30. The molecule has 0 amide bonds. The van der Waals surface area contributed by atoms with Crippen LogP contribution in [0.2, 0.25) is 0 Å². The summed E-state index contributed by atoms with van der Waals surface area (Å²) in [5.74, 6) is 1.65. The Labute approximate surface area is 168 Å². The number of benzene rings is 2. The lowest BCUT2D eigenvalue weighted by Crippen LogP contribution is -1.98. The van der Waals surface area contributed by atoms with Gasteiger partial charge in [0, 0.05) is 11.9 Å². The Kier molecular flexibility index (Phi) is 5.68. The van der Waals surface area contributed by atoms with Crippen LogP contribution in [-0.4, -0.2) is 19.7 Å². The number of hydrogen-bond donors (Lipinski definition) is 0. The minimum atomic E-state index is 0.467. The van der Waals surface area contributed by atoms with E-state index in [0.717, 1.165) is 28.0 Å². The number of ether oxygens (including phenoxy) is 1. The van der Waals surface area contributed by atoms with Crippen molar-refractivity contribution in [2.45, 2.75) is 24.4 Å². The van der Waals surface area contributed by atoms with Crippen molar-refractivity contribution in [2.75, 3.05) is 0 Å². The lowest BCUT2D eigenvalue weighted by molar-refractivity contribution is 0.301. The van der Waals surface area contributed by atoms with E-state index in [1.54, 1.807) is 24.3 Å². The average molecular weight is 388 g/mol. The van der Waals surface area contributed by atoms with E-state index in [1.807, 2.05) is 47.0 Å². The third kappa shape index (κ3) is 4.40. The second-order valence-corrected chi connectivity index (χ2v) is 7.25. The standard InChI is InChI=1S/C22H20N4OS/c1-17-6-2-3-8-21(17)26-16-24-25-22(26)28-15-18-9-11-20(12-10-18)27-14-19-7-4-5-13-23-19/h2-13,16H,14-15H2,1H3. The van der Waals surface area contributed by atoms with Gasteiger partial charge in [-0.05, 0) is 48.4 Å². The largest absolute Gasteiger partial charge is 0.487 e. The van der Waals surface area contributed by atoms with E-state index < -0.39 is 0 Å². The normalized spacial score (nSPS) is 10.8. The van der Waals surface area contributed by atoms with Crippen molar-refractivity contribution in [1.29, 1.82) is 0 Å². The summed E-state index contributed by atoms with van der Waals surface area (Å²) >= 11 is 1.66. The Morgan fingerprint density at radius 2 is 1.79 bits per heavy atom. The fourth-order valence-corrected chi connectivity index (χ4v) is 3.67. The van der Waals surface area contributed by atoms with E-state index >= 15 is 0 Å². The summed E-state index contributed by atoms with van der Waals surface area (Å²) in [6.45, 7) is 2.56. The molecule has 2 heterocycles. The van der Waals surface area contributed by atoms with Gasteiger partial charge in [-0.25, -0.2) is 0 Å². The van der Waals surface area contributed by atoms with Gasteiger partial charge in [-0.2, -0.15) is 0 Å². The Hall–Kier alpha value is -3.12. The molecule has 0 aliphatic carbocycles. The lowest BCUT2D eigenvalue weighted by atomic mass is 10.2. The van der Waals surface area contributed by atoms with E-state index in [2.05, 4.69) is 46.4 Å². The summed E-state index contributed by atoms with van der Waals surface area (Å²) in [7, 11) is 0. The van der Waals surface area contributed by atoms with Crippen molar-refractivity contribution in [3.63, 3.8) is 0 Å². The first-order chi connectivity index (χ1) is 13.8. The number of para-hydroxylation sites is 1. The molecule has 0 bridgehead atoms. The number of nitrogens with zero attached hydrogens (tertiary/aromatic N) is 4. The molecule has 2 aromatic heterocycles. The van der Waals surface area contributed by atoms with E-state index in [1.165, 1.54) is 11.1 Å². The summed E-state index contributed by atoms with van der Waals surface area (Å²) in [5.41, 5.74) is 4.42. The van der Waals surface area contributed by atoms with Crippen LogP contribution in [0.5, 0.6) is 5.75 Å². The molecule has 0 aliphatic heterocycles. The van der Waals surface area contributed by atoms with Crippen LogP contribution in [0.4, 0.5) is 0 Å². The maximum atomic E-state index is 5.79. The molecule has 6 heteroatoms. The predicted molar refractivity (Wildman–Crippen MR) is 111 cm³/mol. The van der Waals surface area contributed by atoms with Crippen LogP contribution in [-0.2, 0) is 12.4 Å². The fourth-order valence-electron chi connectivity index (χ4n) is 2.79. The van der Waals surface area contributed by atoms with Crippen LogP contribution in [0, 0.1) is 6.92 Å². The zero-order valence-corrected chi connectivity index (χ0v) is 16.3. The van der Waals surface area contributed by atoms with Crippen LogP contribution < -0.4 is 4.74 Å². The van der Waals surface area contributed by atoms with Crippen LogP contribution >= 0.6 is 11.8 Å². The molecule has 28 heavy (non-hydrogen) atoms. The van der Waals surface area contributed by atoms with Gasteiger partial charge in [0.15, 0.2) is 5.16 Å². The number of thioether (sulfide) groups is 1. The number of pyridine rings is 1. The molecule has 0 radical (unpaired) electrons. The maximum Gasteiger partial charge on any atom is 0.195 e. The average Bonchev–Trinajstić information content (AvgIpc) is 3.21. The number of aromatic nitrogens is 4. The third-order valence-corrected chi connectivity index (χ3v) is 5.31. The molecule has 0 atom stereocenters. The number of rotatable bonds is 7. The molecular weight excluding hydrogens is 368 g/mol. The molecule has 0 fully saturated rings. The first-order valence-corrected chi connectivity index (χ1v) is 9.98. The molecule has 0 N–H and O–H groups in total. The van der Waals surface area contributed by atoms with Crippen molar-refractivity contribution < 1.29 is 4.74 Å². The SMILES string of the molecule is Cc1ccccc1-n1cnnc1SCc1ccc(OCc2ccccn2)cc1. The van der Waals surface area contributed by atoms with Crippen LogP contribution in [0.25, 0.3) is 5.69 Å². The maximum absolute atomic E-state index is 5.79. The first-order valence-electron chi connectivity index (χ1n) is 9.00. The Morgan fingerprint density at radius 3 is 2.57 bits per heavy atom. The Balaban J connectivity index is 1.37. The van der Waals surface area contributed by atoms with Crippen LogP contribution in [0.1, 0.15) is 16.8 Å². The van der Waals surface area contributed by atoms with Crippen molar-refractivity contribution in [3.8, 4) is 11.4 Å². The van der Waals surface area contributed by atoms with E-state index in [-0.39, 0.29) is 0 Å². The molecule has 0 unspecified atom stereocenters. The molecule has 0 saturated heterocycles. The quantitative estimate of drug-likeness (QED) is 0.424. The second-order valence-electron chi connectivity index (χ2n) is 6.31. The molecule has 0 spiro atoms. The van der Waals surface area contributed by atoms with Gasteiger partial charge >= 0.3 is 0 Å². The van der Waals surface area contributed by atoms with Crippen molar-refractivity contribution in [3.05, 3.63) is 96.1 Å². The van der Waals surface area contributed by atoms with E-state index in [0.29, 0.717) is 6.61 Å². The second kappa shape index (κ2) is 8.71. The van der Waals surface area contributed by atoms with Gasteiger partial charge in [-0.15, -0.1) is 10.2 Å². The first kappa shape index (κ1) is 18.3. The fraction of sp³-hybridized carbons (Fsp3) is 0.136. The summed E-state index contributed by atoms with van der Waals surface area (Å²) in [5, 5.41) is 9.24. The summed E-state index contributed by atoms with van der Waals surface area (Å²) in [4.78, 5) is 4.27. The summed E-state index contributed by atoms with van der Waals surface area (Å²) in [6.07, 6.45) is 3.54. The van der Waals surface area contributed by atoms with Crippen molar-refractivity contribution >= 4 is 11.8 Å². The summed E-state index contributed by atoms with van der Waals surface area (Å²) in [6, 6.07) is 22.2. The van der Waals surface area contributed by atoms with Gasteiger partial charge in [0.05, 0.1) is 11.4 Å².